The van der Waals surface area contributed by atoms with Crippen molar-refractivity contribution in [2.45, 2.75) is 58.3 Å². The van der Waals surface area contributed by atoms with E-state index in [9.17, 15) is 0 Å². The van der Waals surface area contributed by atoms with Crippen molar-refractivity contribution in [1.82, 2.24) is 0 Å². The average molecular weight is 430 g/mol. The Morgan fingerprint density at radius 1 is 0.875 bits per heavy atom. The molecule has 0 saturated carbocycles. The molecule has 2 aromatic carbocycles. The maximum atomic E-state index is 2.44. The first-order chi connectivity index (χ1) is 11.2. The molecule has 1 heteroatoms. The van der Waals surface area contributed by atoms with Gasteiger partial charge in [-0.2, -0.15) is 0 Å². The molecule has 0 atom stereocenters. The van der Waals surface area contributed by atoms with Gasteiger partial charge in [0.1, 0.15) is 0 Å². The Labute approximate surface area is 160 Å². The topological polar surface area (TPSA) is 0 Å². The molecule has 2 aromatic rings. The molecule has 126 valence electrons. The standard InChI is InChI=1S/C23H27I/c1-16(14-17-6-9-19(24)10-7-17)18-8-11-20-21(15-18)23(4,5)13-12-22(20,2)3/h6-11,14-15H,12-13H2,1-5H3. The number of hydrogen-bond acceptors (Lipinski definition) is 0. The first-order valence-corrected chi connectivity index (χ1v) is 9.86. The minimum absolute atomic E-state index is 0.268. The van der Waals surface area contributed by atoms with Gasteiger partial charge in [-0.1, -0.05) is 64.1 Å². The molecule has 1 aliphatic rings. The smallest absolute Gasteiger partial charge is 0.0130 e. The molecule has 0 unspecified atom stereocenters. The van der Waals surface area contributed by atoms with Crippen molar-refractivity contribution in [3.8, 4) is 0 Å². The molecule has 0 saturated heterocycles. The van der Waals surface area contributed by atoms with Crippen molar-refractivity contribution in [1.29, 1.82) is 0 Å². The molecule has 0 aliphatic heterocycles. The fraction of sp³-hybridized carbons (Fsp3) is 0.391. The van der Waals surface area contributed by atoms with Crippen LogP contribution in [0.25, 0.3) is 11.6 Å². The summed E-state index contributed by atoms with van der Waals surface area (Å²) in [5.41, 5.74) is 7.57. The van der Waals surface area contributed by atoms with Gasteiger partial charge in [-0.15, -0.1) is 0 Å². The molecule has 0 amide bonds. The van der Waals surface area contributed by atoms with E-state index in [0.29, 0.717) is 0 Å². The molecule has 24 heavy (non-hydrogen) atoms. The van der Waals surface area contributed by atoms with E-state index in [1.807, 2.05) is 0 Å². The molecule has 0 heterocycles. The fourth-order valence-electron chi connectivity index (χ4n) is 3.73. The molecule has 0 aromatic heterocycles. The molecule has 1 aliphatic carbocycles. The zero-order chi connectivity index (χ0) is 17.5. The number of hydrogen-bond donors (Lipinski definition) is 0. The highest BCUT2D eigenvalue weighted by Crippen LogP contribution is 2.46. The highest BCUT2D eigenvalue weighted by Gasteiger charge is 2.36. The predicted octanol–water partition coefficient (Wildman–Crippen LogP) is 7.20. The molecule has 0 bridgehead atoms. The molecule has 0 spiro atoms. The van der Waals surface area contributed by atoms with Crippen LogP contribution in [0, 0.1) is 3.57 Å². The zero-order valence-electron chi connectivity index (χ0n) is 15.4. The second-order valence-electron chi connectivity index (χ2n) is 8.41. The normalized spacial score (nSPS) is 19.0. The third-order valence-corrected chi connectivity index (χ3v) is 6.28. The van der Waals surface area contributed by atoms with Crippen molar-refractivity contribution in [2.75, 3.05) is 0 Å². The first-order valence-electron chi connectivity index (χ1n) is 8.78. The lowest BCUT2D eigenvalue weighted by Crippen LogP contribution is -2.33. The molecule has 0 radical (unpaired) electrons. The van der Waals surface area contributed by atoms with Crippen LogP contribution in [0.4, 0.5) is 0 Å². The van der Waals surface area contributed by atoms with Crippen LogP contribution >= 0.6 is 22.6 Å². The zero-order valence-corrected chi connectivity index (χ0v) is 17.6. The van der Waals surface area contributed by atoms with Crippen LogP contribution in [0.2, 0.25) is 0 Å². The number of fused-ring (bicyclic) bond motifs is 1. The molecular formula is C23H27I. The average Bonchev–Trinajstić information content (AvgIpc) is 2.54. The molecular weight excluding hydrogens is 403 g/mol. The lowest BCUT2D eigenvalue weighted by atomic mass is 9.63. The fourth-order valence-corrected chi connectivity index (χ4v) is 4.09. The second-order valence-corrected chi connectivity index (χ2v) is 9.65. The Morgan fingerprint density at radius 3 is 2.08 bits per heavy atom. The van der Waals surface area contributed by atoms with E-state index in [-0.39, 0.29) is 10.8 Å². The van der Waals surface area contributed by atoms with Gasteiger partial charge >= 0.3 is 0 Å². The largest absolute Gasteiger partial charge is 0.0576 e. The lowest BCUT2D eigenvalue weighted by molar-refractivity contribution is 0.332. The van der Waals surface area contributed by atoms with Gasteiger partial charge in [0.2, 0.25) is 0 Å². The molecule has 3 rings (SSSR count). The first kappa shape index (κ1) is 17.7. The summed E-state index contributed by atoms with van der Waals surface area (Å²) in [5, 5.41) is 0. The summed E-state index contributed by atoms with van der Waals surface area (Å²) in [5.74, 6) is 0. The summed E-state index contributed by atoms with van der Waals surface area (Å²) in [6, 6.07) is 15.8. The number of halogens is 1. The van der Waals surface area contributed by atoms with Crippen LogP contribution in [0.5, 0.6) is 0 Å². The van der Waals surface area contributed by atoms with E-state index < -0.39 is 0 Å². The summed E-state index contributed by atoms with van der Waals surface area (Å²) < 4.78 is 1.28. The monoisotopic (exact) mass is 430 g/mol. The lowest BCUT2D eigenvalue weighted by Gasteiger charge is -2.42. The molecule has 0 N–H and O–H groups in total. The minimum atomic E-state index is 0.268. The van der Waals surface area contributed by atoms with Gasteiger partial charge in [-0.05, 0) is 93.1 Å². The van der Waals surface area contributed by atoms with E-state index in [1.54, 1.807) is 0 Å². The van der Waals surface area contributed by atoms with Crippen LogP contribution in [0.3, 0.4) is 0 Å². The maximum Gasteiger partial charge on any atom is 0.0130 e. The van der Waals surface area contributed by atoms with Crippen molar-refractivity contribution in [3.05, 3.63) is 68.3 Å². The van der Waals surface area contributed by atoms with Crippen LogP contribution in [-0.2, 0) is 10.8 Å². The summed E-state index contributed by atoms with van der Waals surface area (Å²) >= 11 is 2.35. The number of allylic oxidation sites excluding steroid dienone is 1. The van der Waals surface area contributed by atoms with Gasteiger partial charge in [0.25, 0.3) is 0 Å². The molecule has 0 nitrogen and oxygen atoms in total. The van der Waals surface area contributed by atoms with Crippen LogP contribution in [0.15, 0.2) is 42.5 Å². The van der Waals surface area contributed by atoms with Gasteiger partial charge in [0, 0.05) is 3.57 Å². The van der Waals surface area contributed by atoms with Gasteiger partial charge < -0.3 is 0 Å². The van der Waals surface area contributed by atoms with E-state index in [1.165, 1.54) is 44.2 Å². The molecule has 0 fully saturated rings. The Hall–Kier alpha value is -1.09. The van der Waals surface area contributed by atoms with Crippen molar-refractivity contribution < 1.29 is 0 Å². The highest BCUT2D eigenvalue weighted by molar-refractivity contribution is 14.1. The minimum Gasteiger partial charge on any atom is -0.0576 e. The predicted molar refractivity (Wildman–Crippen MR) is 114 cm³/mol. The highest BCUT2D eigenvalue weighted by atomic mass is 127. The third-order valence-electron chi connectivity index (χ3n) is 5.56. The van der Waals surface area contributed by atoms with Gasteiger partial charge in [0.05, 0.1) is 0 Å². The second kappa shape index (κ2) is 6.33. The number of rotatable bonds is 2. The van der Waals surface area contributed by atoms with E-state index in [2.05, 4.69) is 106 Å². The summed E-state index contributed by atoms with van der Waals surface area (Å²) in [6.45, 7) is 11.8. The van der Waals surface area contributed by atoms with E-state index >= 15 is 0 Å². The third kappa shape index (κ3) is 3.46. The summed E-state index contributed by atoms with van der Waals surface area (Å²) in [7, 11) is 0. The van der Waals surface area contributed by atoms with Crippen LogP contribution < -0.4 is 0 Å². The van der Waals surface area contributed by atoms with Gasteiger partial charge in [-0.25, -0.2) is 0 Å². The van der Waals surface area contributed by atoms with Crippen LogP contribution in [0.1, 0.15) is 69.7 Å². The number of benzene rings is 2. The Bertz CT molecular complexity index is 776. The maximum absolute atomic E-state index is 2.44. The van der Waals surface area contributed by atoms with Crippen molar-refractivity contribution in [3.63, 3.8) is 0 Å². The van der Waals surface area contributed by atoms with Crippen LogP contribution in [-0.4, -0.2) is 0 Å². The SMILES string of the molecule is CC(=Cc1ccc(I)cc1)c1ccc2c(c1)C(C)(C)CCC2(C)C. The van der Waals surface area contributed by atoms with Gasteiger partial charge in [0.15, 0.2) is 0 Å². The quantitative estimate of drug-likeness (QED) is 0.349. The van der Waals surface area contributed by atoms with E-state index in [4.69, 9.17) is 0 Å². The van der Waals surface area contributed by atoms with Crippen molar-refractivity contribution >= 4 is 34.2 Å². The summed E-state index contributed by atoms with van der Waals surface area (Å²) in [4.78, 5) is 0. The van der Waals surface area contributed by atoms with Gasteiger partial charge in [-0.3, -0.25) is 0 Å². The van der Waals surface area contributed by atoms with Crippen molar-refractivity contribution in [2.24, 2.45) is 0 Å². The Balaban J connectivity index is 2.03. The van der Waals surface area contributed by atoms with E-state index in [0.717, 1.165) is 0 Å². The Kier molecular flexibility index (Phi) is 4.67. The summed E-state index contributed by atoms with van der Waals surface area (Å²) in [6.07, 6.45) is 4.82. The Morgan fingerprint density at radius 2 is 1.46 bits per heavy atom.